The van der Waals surface area contributed by atoms with Crippen molar-refractivity contribution in [2.45, 2.75) is 13.0 Å². The van der Waals surface area contributed by atoms with Gasteiger partial charge < -0.3 is 34.6 Å². The molecule has 39 heavy (non-hydrogen) atoms. The van der Waals surface area contributed by atoms with Crippen LogP contribution in [-0.4, -0.2) is 75.9 Å². The van der Waals surface area contributed by atoms with Gasteiger partial charge in [-0.3, -0.25) is 4.79 Å². The molecule has 3 amide bonds. The van der Waals surface area contributed by atoms with Crippen LogP contribution in [0, 0.1) is 0 Å². The molecule has 1 aliphatic heterocycles. The van der Waals surface area contributed by atoms with E-state index in [1.54, 1.807) is 44.6 Å². The van der Waals surface area contributed by atoms with Crippen molar-refractivity contribution in [1.29, 1.82) is 0 Å². The normalized spacial score (nSPS) is 13.0. The Kier molecular flexibility index (Phi) is 9.44. The van der Waals surface area contributed by atoms with Crippen molar-refractivity contribution in [1.82, 2.24) is 20.5 Å². The van der Waals surface area contributed by atoms with Crippen molar-refractivity contribution in [3.8, 4) is 17.2 Å². The SMILES string of the molecule is COc1cccc(CNC(=O)N2CCN(c3ncccc3C(=O)NCCc3ccc(OC)c(OC)c3)CC2)c1. The quantitative estimate of drug-likeness (QED) is 0.413. The smallest absolute Gasteiger partial charge is 0.317 e. The fraction of sp³-hybridized carbons (Fsp3) is 0.345. The van der Waals surface area contributed by atoms with Crippen LogP contribution in [-0.2, 0) is 13.0 Å². The van der Waals surface area contributed by atoms with E-state index >= 15 is 0 Å². The molecule has 1 saturated heterocycles. The highest BCUT2D eigenvalue weighted by Crippen LogP contribution is 2.27. The summed E-state index contributed by atoms with van der Waals surface area (Å²) in [6.07, 6.45) is 2.33. The molecule has 0 spiro atoms. The van der Waals surface area contributed by atoms with Crippen molar-refractivity contribution >= 4 is 17.8 Å². The summed E-state index contributed by atoms with van der Waals surface area (Å²) in [5, 5.41) is 5.97. The van der Waals surface area contributed by atoms with Gasteiger partial charge in [-0.05, 0) is 53.9 Å². The van der Waals surface area contributed by atoms with Crippen LogP contribution in [0.15, 0.2) is 60.8 Å². The minimum Gasteiger partial charge on any atom is -0.497 e. The summed E-state index contributed by atoms with van der Waals surface area (Å²) in [5.74, 6) is 2.52. The van der Waals surface area contributed by atoms with E-state index in [4.69, 9.17) is 14.2 Å². The second-order valence-corrected chi connectivity index (χ2v) is 9.05. The summed E-state index contributed by atoms with van der Waals surface area (Å²) >= 11 is 0. The molecule has 4 rings (SSSR count). The van der Waals surface area contributed by atoms with E-state index in [1.807, 2.05) is 42.5 Å². The molecular formula is C29H35N5O5. The summed E-state index contributed by atoms with van der Waals surface area (Å²) < 4.78 is 15.9. The van der Waals surface area contributed by atoms with Gasteiger partial charge in [0, 0.05) is 45.5 Å². The van der Waals surface area contributed by atoms with Gasteiger partial charge >= 0.3 is 6.03 Å². The Balaban J connectivity index is 1.29. The second kappa shape index (κ2) is 13.4. The predicted octanol–water partition coefficient (Wildman–Crippen LogP) is 3.11. The average Bonchev–Trinajstić information content (AvgIpc) is 2.99. The van der Waals surface area contributed by atoms with Gasteiger partial charge in [0.1, 0.15) is 11.6 Å². The molecule has 10 nitrogen and oxygen atoms in total. The van der Waals surface area contributed by atoms with Crippen LogP contribution < -0.4 is 29.7 Å². The van der Waals surface area contributed by atoms with Crippen molar-refractivity contribution in [2.75, 3.05) is 59.0 Å². The number of rotatable bonds is 10. The number of amides is 3. The van der Waals surface area contributed by atoms with E-state index in [0.29, 0.717) is 68.6 Å². The minimum atomic E-state index is -0.183. The Bertz CT molecular complexity index is 1280. The third kappa shape index (κ3) is 7.10. The standard InChI is InChI=1S/C29H35N5O5/c1-37-23-7-4-6-22(18-23)20-32-29(36)34-16-14-33(15-17-34)27-24(8-5-12-30-27)28(35)31-13-11-21-9-10-25(38-2)26(19-21)39-3/h4-10,12,18-19H,11,13-17,20H2,1-3H3,(H,31,35)(H,32,36). The van der Waals surface area contributed by atoms with E-state index < -0.39 is 0 Å². The van der Waals surface area contributed by atoms with Gasteiger partial charge in [0.25, 0.3) is 5.91 Å². The molecule has 206 valence electrons. The number of urea groups is 1. The van der Waals surface area contributed by atoms with Crippen LogP contribution in [0.5, 0.6) is 17.2 Å². The molecule has 0 aliphatic carbocycles. The molecule has 2 aromatic carbocycles. The second-order valence-electron chi connectivity index (χ2n) is 9.05. The zero-order valence-electron chi connectivity index (χ0n) is 22.6. The highest BCUT2D eigenvalue weighted by molar-refractivity contribution is 5.98. The lowest BCUT2D eigenvalue weighted by atomic mass is 10.1. The van der Waals surface area contributed by atoms with Gasteiger partial charge in [0.05, 0.1) is 26.9 Å². The van der Waals surface area contributed by atoms with Gasteiger partial charge in [0.15, 0.2) is 11.5 Å². The number of carbonyl (C=O) groups excluding carboxylic acids is 2. The summed E-state index contributed by atoms with van der Waals surface area (Å²) in [6.45, 7) is 3.10. The number of hydrogen-bond donors (Lipinski definition) is 2. The fourth-order valence-electron chi connectivity index (χ4n) is 4.47. The summed E-state index contributed by atoms with van der Waals surface area (Å²) in [7, 11) is 4.82. The number of ether oxygens (including phenoxy) is 3. The first-order chi connectivity index (χ1) is 19.0. The maximum absolute atomic E-state index is 13.1. The predicted molar refractivity (Wildman–Crippen MR) is 149 cm³/mol. The highest BCUT2D eigenvalue weighted by atomic mass is 16.5. The van der Waals surface area contributed by atoms with E-state index in [2.05, 4.69) is 20.5 Å². The highest BCUT2D eigenvalue weighted by Gasteiger charge is 2.25. The molecule has 2 heterocycles. The number of benzene rings is 2. The lowest BCUT2D eigenvalue weighted by Crippen LogP contribution is -2.52. The summed E-state index contributed by atoms with van der Waals surface area (Å²) in [6, 6.07) is 16.8. The van der Waals surface area contributed by atoms with Gasteiger partial charge in [-0.25, -0.2) is 9.78 Å². The maximum Gasteiger partial charge on any atom is 0.317 e. The molecule has 10 heteroatoms. The Morgan fingerprint density at radius 3 is 2.38 bits per heavy atom. The van der Waals surface area contributed by atoms with Gasteiger partial charge in [0.2, 0.25) is 0 Å². The third-order valence-corrected chi connectivity index (χ3v) is 6.62. The molecule has 0 atom stereocenters. The van der Waals surface area contributed by atoms with Crippen molar-refractivity contribution in [2.24, 2.45) is 0 Å². The molecule has 0 radical (unpaired) electrons. The molecular weight excluding hydrogens is 498 g/mol. The fourth-order valence-corrected chi connectivity index (χ4v) is 4.47. The Hall–Kier alpha value is -4.47. The van der Waals surface area contributed by atoms with Gasteiger partial charge in [-0.1, -0.05) is 18.2 Å². The van der Waals surface area contributed by atoms with Crippen molar-refractivity contribution in [3.05, 3.63) is 77.5 Å². The topological polar surface area (TPSA) is 105 Å². The van der Waals surface area contributed by atoms with Crippen LogP contribution >= 0.6 is 0 Å². The minimum absolute atomic E-state index is 0.119. The number of piperazine rings is 1. The van der Waals surface area contributed by atoms with Crippen LogP contribution in [0.2, 0.25) is 0 Å². The molecule has 0 bridgehead atoms. The third-order valence-electron chi connectivity index (χ3n) is 6.62. The zero-order valence-corrected chi connectivity index (χ0v) is 22.6. The summed E-state index contributed by atoms with van der Waals surface area (Å²) in [5.41, 5.74) is 2.51. The van der Waals surface area contributed by atoms with E-state index in [0.717, 1.165) is 16.9 Å². The van der Waals surface area contributed by atoms with Crippen molar-refractivity contribution in [3.63, 3.8) is 0 Å². The summed E-state index contributed by atoms with van der Waals surface area (Å²) in [4.78, 5) is 34.1. The maximum atomic E-state index is 13.1. The number of hydrogen-bond acceptors (Lipinski definition) is 7. The largest absolute Gasteiger partial charge is 0.497 e. The lowest BCUT2D eigenvalue weighted by Gasteiger charge is -2.36. The number of methoxy groups -OCH3 is 3. The number of aromatic nitrogens is 1. The van der Waals surface area contributed by atoms with E-state index in [1.165, 1.54) is 0 Å². The first kappa shape index (κ1) is 27.6. The Morgan fingerprint density at radius 1 is 0.846 bits per heavy atom. The zero-order chi connectivity index (χ0) is 27.6. The average molecular weight is 534 g/mol. The molecule has 2 N–H and O–H groups in total. The molecule has 0 unspecified atom stereocenters. The number of pyridine rings is 1. The van der Waals surface area contributed by atoms with Crippen LogP contribution in [0.25, 0.3) is 0 Å². The van der Waals surface area contributed by atoms with Gasteiger partial charge in [-0.15, -0.1) is 0 Å². The molecule has 1 aliphatic rings. The number of carbonyl (C=O) groups is 2. The van der Waals surface area contributed by atoms with E-state index in [-0.39, 0.29) is 11.9 Å². The van der Waals surface area contributed by atoms with Crippen LogP contribution in [0.3, 0.4) is 0 Å². The van der Waals surface area contributed by atoms with Crippen molar-refractivity contribution < 1.29 is 23.8 Å². The lowest BCUT2D eigenvalue weighted by molar-refractivity contribution is 0.0954. The molecule has 0 saturated carbocycles. The first-order valence-electron chi connectivity index (χ1n) is 12.9. The number of nitrogens with one attached hydrogen (secondary N) is 2. The molecule has 3 aromatic rings. The Labute approximate surface area is 228 Å². The van der Waals surface area contributed by atoms with Crippen LogP contribution in [0.4, 0.5) is 10.6 Å². The molecule has 1 aromatic heterocycles. The monoisotopic (exact) mass is 533 g/mol. The number of nitrogens with zero attached hydrogens (tertiary/aromatic N) is 3. The van der Waals surface area contributed by atoms with E-state index in [9.17, 15) is 9.59 Å². The number of anilines is 1. The first-order valence-corrected chi connectivity index (χ1v) is 12.9. The van der Waals surface area contributed by atoms with Crippen LogP contribution in [0.1, 0.15) is 21.5 Å². The van der Waals surface area contributed by atoms with Gasteiger partial charge in [-0.2, -0.15) is 0 Å². The molecule has 1 fully saturated rings. The Morgan fingerprint density at radius 2 is 1.64 bits per heavy atom.